The van der Waals surface area contributed by atoms with Crippen molar-refractivity contribution in [1.29, 1.82) is 0 Å². The monoisotopic (exact) mass is 660 g/mol. The molecule has 1 saturated carbocycles. The number of esters is 2. The number of hydrogen-bond acceptors (Lipinski definition) is 9. The van der Waals surface area contributed by atoms with E-state index in [-0.39, 0.29) is 37.6 Å². The number of phosphoric acid groups is 1. The van der Waals surface area contributed by atoms with Crippen LogP contribution < -0.4 is 0 Å². The minimum absolute atomic E-state index is 0.0337. The predicted molar refractivity (Wildman–Crippen MR) is 171 cm³/mol. The first kappa shape index (κ1) is 41.1. The molecule has 0 spiro atoms. The fraction of sp³-hybridized carbons (Fsp3) is 0.788. The number of ether oxygens (including phenoxy) is 2. The molecule has 0 aromatic heterocycles. The molecule has 4 N–H and O–H groups in total. The average molecular weight is 661 g/mol. The average Bonchev–Trinajstić information content (AvgIpc) is 3.25. The molecular formula is C33H57O11P. The molecule has 1 aliphatic carbocycles. The number of phosphoric ester groups is 1. The van der Waals surface area contributed by atoms with Crippen molar-refractivity contribution in [2.75, 3.05) is 13.2 Å². The van der Waals surface area contributed by atoms with Crippen molar-refractivity contribution < 1.29 is 52.9 Å². The molecular weight excluding hydrogens is 603 g/mol. The zero-order valence-corrected chi connectivity index (χ0v) is 28.1. The highest BCUT2D eigenvalue weighted by atomic mass is 31.2. The standard InChI is InChI=1S/C33H57O11P/c1-3-5-7-8-9-10-16-20-33(38)44-27(25-43-45(39,40)41)24-42-32(37)19-15-12-11-14-18-28-29(31(36)23-30(28)35)22-21-26(34)17-13-6-4-2/h11,14,21-22,26-30,34-35H,3-10,12-13,15-20,23-25H2,1-2H3,(H2,39,40,41)/b14-11-,22-21+/t26-,27+,28+,29+,30-/m0/s1. The molecule has 11 nitrogen and oxygen atoms in total. The van der Waals surface area contributed by atoms with Crippen LogP contribution in [0.1, 0.15) is 123 Å². The number of Topliss-reactive ketones (excluding diaryl/α,β-unsaturated/α-hetero) is 1. The van der Waals surface area contributed by atoms with Crippen LogP contribution in [0.25, 0.3) is 0 Å². The van der Waals surface area contributed by atoms with Crippen molar-refractivity contribution in [3.05, 3.63) is 24.3 Å². The quantitative estimate of drug-likeness (QED) is 0.0378. The summed E-state index contributed by atoms with van der Waals surface area (Å²) in [7, 11) is -4.80. The molecule has 0 bridgehead atoms. The van der Waals surface area contributed by atoms with Gasteiger partial charge in [0.2, 0.25) is 0 Å². The summed E-state index contributed by atoms with van der Waals surface area (Å²) >= 11 is 0. The topological polar surface area (TPSA) is 177 Å². The highest BCUT2D eigenvalue weighted by Gasteiger charge is 2.39. The number of hydrogen-bond donors (Lipinski definition) is 4. The second kappa shape index (κ2) is 24.3. The number of allylic oxidation sites excluding steroid dienone is 3. The second-order valence-corrected chi connectivity index (χ2v) is 13.2. The van der Waals surface area contributed by atoms with Gasteiger partial charge in [0.1, 0.15) is 12.4 Å². The zero-order valence-electron chi connectivity index (χ0n) is 27.2. The lowest BCUT2D eigenvalue weighted by molar-refractivity contribution is -0.161. The minimum atomic E-state index is -4.80. The van der Waals surface area contributed by atoms with Gasteiger partial charge in [-0.05, 0) is 32.1 Å². The lowest BCUT2D eigenvalue weighted by Gasteiger charge is -2.18. The van der Waals surface area contributed by atoms with Crippen LogP contribution in [-0.2, 0) is 32.9 Å². The number of carbonyl (C=O) groups is 3. The van der Waals surface area contributed by atoms with Gasteiger partial charge in [0, 0.05) is 31.1 Å². The Morgan fingerprint density at radius 1 is 0.911 bits per heavy atom. The van der Waals surface area contributed by atoms with Gasteiger partial charge in [-0.25, -0.2) is 4.57 Å². The summed E-state index contributed by atoms with van der Waals surface area (Å²) in [5.41, 5.74) is 0. The lowest BCUT2D eigenvalue weighted by Crippen LogP contribution is -2.29. The maximum atomic E-state index is 12.4. The van der Waals surface area contributed by atoms with Gasteiger partial charge in [-0.1, -0.05) is 95.9 Å². The van der Waals surface area contributed by atoms with Gasteiger partial charge in [0.15, 0.2) is 6.10 Å². The molecule has 0 radical (unpaired) electrons. The number of unbranched alkanes of at least 4 members (excludes halogenated alkanes) is 9. The Bertz CT molecular complexity index is 945. The Morgan fingerprint density at radius 3 is 2.24 bits per heavy atom. The third-order valence-electron chi connectivity index (χ3n) is 7.85. The van der Waals surface area contributed by atoms with Crippen LogP contribution in [0.15, 0.2) is 24.3 Å². The molecule has 0 aliphatic heterocycles. The van der Waals surface area contributed by atoms with Gasteiger partial charge < -0.3 is 29.5 Å². The Kier molecular flexibility index (Phi) is 22.2. The SMILES string of the molecule is CCCCCCCCCC(=O)O[C@H](COC(=O)CCC/C=C\C[C@H]1[C@@H](O)CC(=O)[C@@H]1/C=C/[C@@H](O)CCCCC)COP(=O)(O)O. The van der Waals surface area contributed by atoms with Crippen LogP contribution in [0.4, 0.5) is 0 Å². The smallest absolute Gasteiger partial charge is 0.462 e. The highest BCUT2D eigenvalue weighted by Crippen LogP contribution is 2.36. The molecule has 0 amide bonds. The Morgan fingerprint density at radius 2 is 1.56 bits per heavy atom. The molecule has 1 fully saturated rings. The van der Waals surface area contributed by atoms with Gasteiger partial charge in [0.25, 0.3) is 0 Å². The fourth-order valence-corrected chi connectivity index (χ4v) is 5.59. The molecule has 0 unspecified atom stereocenters. The lowest BCUT2D eigenvalue weighted by atomic mass is 9.90. The molecule has 1 rings (SSSR count). The first-order chi connectivity index (χ1) is 21.5. The number of carbonyl (C=O) groups excluding carboxylic acids is 3. The van der Waals surface area contributed by atoms with Crippen LogP contribution in [-0.4, -0.2) is 69.2 Å². The van der Waals surface area contributed by atoms with E-state index in [1.807, 2.05) is 12.2 Å². The number of aliphatic hydroxyl groups excluding tert-OH is 2. The summed E-state index contributed by atoms with van der Waals surface area (Å²) in [5.74, 6) is -1.83. The molecule has 1 aliphatic rings. The number of ketones is 1. The largest absolute Gasteiger partial charge is 0.469 e. The normalized spacial score (nSPS) is 20.2. The van der Waals surface area contributed by atoms with Gasteiger partial charge >= 0.3 is 19.8 Å². The second-order valence-electron chi connectivity index (χ2n) is 11.9. The molecule has 45 heavy (non-hydrogen) atoms. The molecule has 12 heteroatoms. The molecule has 0 aromatic carbocycles. The third-order valence-corrected chi connectivity index (χ3v) is 8.34. The number of aliphatic hydroxyl groups is 2. The maximum absolute atomic E-state index is 12.4. The van der Waals surface area contributed by atoms with E-state index in [0.29, 0.717) is 32.1 Å². The van der Waals surface area contributed by atoms with Crippen molar-refractivity contribution >= 4 is 25.5 Å². The van der Waals surface area contributed by atoms with E-state index >= 15 is 0 Å². The van der Waals surface area contributed by atoms with Gasteiger partial charge in [-0.2, -0.15) is 0 Å². The van der Waals surface area contributed by atoms with Crippen LogP contribution in [0, 0.1) is 11.8 Å². The minimum Gasteiger partial charge on any atom is -0.462 e. The first-order valence-electron chi connectivity index (χ1n) is 16.7. The Labute approximate surface area is 269 Å². The van der Waals surface area contributed by atoms with Gasteiger partial charge in [-0.15, -0.1) is 0 Å². The fourth-order valence-electron chi connectivity index (χ4n) is 5.23. The van der Waals surface area contributed by atoms with Crippen LogP contribution in [0.5, 0.6) is 0 Å². The summed E-state index contributed by atoms with van der Waals surface area (Å²) in [5, 5.41) is 20.5. The first-order valence-corrected chi connectivity index (χ1v) is 18.3. The van der Waals surface area contributed by atoms with Gasteiger partial charge in [-0.3, -0.25) is 18.9 Å². The Balaban J connectivity index is 2.42. The summed E-state index contributed by atoms with van der Waals surface area (Å²) in [4.78, 5) is 54.9. The third kappa shape index (κ3) is 20.8. The van der Waals surface area contributed by atoms with Crippen molar-refractivity contribution in [2.45, 2.75) is 141 Å². The molecule has 0 saturated heterocycles. The highest BCUT2D eigenvalue weighted by molar-refractivity contribution is 7.46. The number of rotatable bonds is 26. The summed E-state index contributed by atoms with van der Waals surface area (Å²) < 4.78 is 26.0. The van der Waals surface area contributed by atoms with E-state index in [1.165, 1.54) is 12.8 Å². The Hall–Kier alpha value is -1.88. The zero-order chi connectivity index (χ0) is 33.5. The predicted octanol–water partition coefficient (Wildman–Crippen LogP) is 5.87. The van der Waals surface area contributed by atoms with Crippen molar-refractivity contribution in [3.8, 4) is 0 Å². The maximum Gasteiger partial charge on any atom is 0.469 e. The molecule has 0 aromatic rings. The summed E-state index contributed by atoms with van der Waals surface area (Å²) in [6.07, 6.45) is 17.4. The van der Waals surface area contributed by atoms with Gasteiger partial charge in [0.05, 0.1) is 18.8 Å². The van der Waals surface area contributed by atoms with Crippen LogP contribution in [0.3, 0.4) is 0 Å². The van der Waals surface area contributed by atoms with E-state index in [0.717, 1.165) is 44.9 Å². The van der Waals surface area contributed by atoms with Crippen LogP contribution in [0.2, 0.25) is 0 Å². The van der Waals surface area contributed by atoms with E-state index < -0.39 is 50.6 Å². The van der Waals surface area contributed by atoms with Crippen molar-refractivity contribution in [1.82, 2.24) is 0 Å². The summed E-state index contributed by atoms with van der Waals surface area (Å²) in [6.45, 7) is 3.25. The van der Waals surface area contributed by atoms with E-state index in [9.17, 15) is 29.2 Å². The molecule has 260 valence electrons. The van der Waals surface area contributed by atoms with E-state index in [2.05, 4.69) is 18.4 Å². The van der Waals surface area contributed by atoms with Crippen molar-refractivity contribution in [2.24, 2.45) is 11.8 Å². The van der Waals surface area contributed by atoms with E-state index in [1.54, 1.807) is 12.2 Å². The molecule has 5 atom stereocenters. The molecule has 0 heterocycles. The summed E-state index contributed by atoms with van der Waals surface area (Å²) in [6, 6.07) is 0. The van der Waals surface area contributed by atoms with E-state index in [4.69, 9.17) is 19.3 Å². The van der Waals surface area contributed by atoms with Crippen molar-refractivity contribution in [3.63, 3.8) is 0 Å². The van der Waals surface area contributed by atoms with Crippen LogP contribution >= 0.6 is 7.82 Å².